The Labute approximate surface area is 208 Å². The van der Waals surface area contributed by atoms with Crippen LogP contribution < -0.4 is 10.4 Å². The predicted molar refractivity (Wildman–Crippen MR) is 134 cm³/mol. The van der Waals surface area contributed by atoms with E-state index in [4.69, 9.17) is 4.74 Å². The second-order valence-corrected chi connectivity index (χ2v) is 10.6. The lowest BCUT2D eigenvalue weighted by Crippen LogP contribution is -2.40. The third kappa shape index (κ3) is 4.29. The zero-order valence-corrected chi connectivity index (χ0v) is 20.8. The molecule has 2 N–H and O–H groups in total. The minimum absolute atomic E-state index is 0.0846. The van der Waals surface area contributed by atoms with Crippen molar-refractivity contribution < 1.29 is 18.3 Å². The molecule has 0 amide bonds. The molecule has 0 bridgehead atoms. The van der Waals surface area contributed by atoms with E-state index in [1.807, 2.05) is 30.3 Å². The van der Waals surface area contributed by atoms with Crippen LogP contribution in [0.25, 0.3) is 28.4 Å². The second kappa shape index (κ2) is 9.49. The highest BCUT2D eigenvalue weighted by Gasteiger charge is 2.30. The number of rotatable bonds is 6. The lowest BCUT2D eigenvalue weighted by Gasteiger charge is -2.29. The van der Waals surface area contributed by atoms with Gasteiger partial charge in [-0.15, -0.1) is 0 Å². The summed E-state index contributed by atoms with van der Waals surface area (Å²) in [4.78, 5) is 25.3. The van der Waals surface area contributed by atoms with E-state index in [0.29, 0.717) is 47.9 Å². The molecule has 0 unspecified atom stereocenters. The van der Waals surface area contributed by atoms with Gasteiger partial charge in [0.1, 0.15) is 17.4 Å². The maximum atomic E-state index is 13.2. The van der Waals surface area contributed by atoms with Crippen LogP contribution >= 0.6 is 0 Å². The SMILES string of the molecule is CCOc1cc(S(=O)(=O)N2CCC(O)CC2)ccc1-c1nc2c(C)nc(-c3ccccc3)n2c(=O)[nH]1. The van der Waals surface area contributed by atoms with E-state index in [1.54, 1.807) is 19.9 Å². The summed E-state index contributed by atoms with van der Waals surface area (Å²) in [5.74, 6) is 1.04. The molecule has 0 spiro atoms. The van der Waals surface area contributed by atoms with Crippen LogP contribution in [0, 0.1) is 6.92 Å². The van der Waals surface area contributed by atoms with E-state index >= 15 is 0 Å². The Balaban J connectivity index is 1.59. The van der Waals surface area contributed by atoms with Gasteiger partial charge in [0.2, 0.25) is 10.0 Å². The number of imidazole rings is 1. The molecule has 1 aliphatic rings. The van der Waals surface area contributed by atoms with Gasteiger partial charge in [-0.2, -0.15) is 4.31 Å². The van der Waals surface area contributed by atoms with Gasteiger partial charge in [-0.25, -0.2) is 27.6 Å². The molecule has 1 aliphatic heterocycles. The number of benzene rings is 2. The van der Waals surface area contributed by atoms with Crippen LogP contribution in [0.15, 0.2) is 58.2 Å². The lowest BCUT2D eigenvalue weighted by atomic mass is 10.1. The van der Waals surface area contributed by atoms with Gasteiger partial charge in [0.25, 0.3) is 0 Å². The number of aliphatic hydroxyl groups is 1. The van der Waals surface area contributed by atoms with E-state index < -0.39 is 21.8 Å². The van der Waals surface area contributed by atoms with Gasteiger partial charge in [0, 0.05) is 24.7 Å². The first-order chi connectivity index (χ1) is 17.3. The Bertz CT molecular complexity index is 1570. The van der Waals surface area contributed by atoms with Crippen LogP contribution in [-0.4, -0.2) is 63.0 Å². The number of fused-ring (bicyclic) bond motifs is 1. The van der Waals surface area contributed by atoms with Gasteiger partial charge in [-0.05, 0) is 38.8 Å². The van der Waals surface area contributed by atoms with E-state index in [1.165, 1.54) is 20.8 Å². The van der Waals surface area contributed by atoms with Crippen molar-refractivity contribution in [3.05, 3.63) is 64.7 Å². The Morgan fingerprint density at radius 1 is 1.11 bits per heavy atom. The van der Waals surface area contributed by atoms with Crippen LogP contribution in [0.4, 0.5) is 0 Å². The van der Waals surface area contributed by atoms with Gasteiger partial charge in [0.05, 0.1) is 28.9 Å². The third-order valence-electron chi connectivity index (χ3n) is 6.27. The Kier molecular flexibility index (Phi) is 6.37. The first-order valence-corrected chi connectivity index (χ1v) is 13.2. The molecule has 4 aromatic rings. The molecule has 2 aromatic heterocycles. The Morgan fingerprint density at radius 3 is 2.53 bits per heavy atom. The lowest BCUT2D eigenvalue weighted by molar-refractivity contribution is 0.113. The number of H-pyrrole nitrogens is 1. The minimum atomic E-state index is -3.77. The molecule has 1 fully saturated rings. The maximum absolute atomic E-state index is 13.2. The molecule has 188 valence electrons. The highest BCUT2D eigenvalue weighted by molar-refractivity contribution is 7.89. The third-order valence-corrected chi connectivity index (χ3v) is 8.16. The molecule has 0 atom stereocenters. The quantitative estimate of drug-likeness (QED) is 0.409. The van der Waals surface area contributed by atoms with Crippen molar-refractivity contribution in [1.82, 2.24) is 23.7 Å². The summed E-state index contributed by atoms with van der Waals surface area (Å²) in [6.07, 6.45) is 0.317. The summed E-state index contributed by atoms with van der Waals surface area (Å²) >= 11 is 0. The smallest absolute Gasteiger partial charge is 0.334 e. The van der Waals surface area contributed by atoms with Crippen LogP contribution in [0.5, 0.6) is 5.75 Å². The molecular formula is C25H27N5O5S. The normalized spacial score (nSPS) is 15.4. The number of aromatic nitrogens is 4. The summed E-state index contributed by atoms with van der Waals surface area (Å²) in [6.45, 7) is 4.38. The standard InChI is InChI=1S/C25H27N5O5S/c1-3-35-21-15-19(36(33,34)29-13-11-18(31)12-14-29)9-10-20(21)22-27-23-16(2)26-24(30(23)25(32)28-22)17-7-5-4-6-8-17/h4-10,15,18,31H,3,11-14H2,1-2H3,(H,27,28,32). The number of nitrogens with zero attached hydrogens (tertiary/aromatic N) is 4. The number of hydrogen-bond acceptors (Lipinski definition) is 7. The summed E-state index contributed by atoms with van der Waals surface area (Å²) in [6, 6.07) is 13.9. The molecule has 0 aliphatic carbocycles. The van der Waals surface area contributed by atoms with E-state index in [-0.39, 0.29) is 23.8 Å². The highest BCUT2D eigenvalue weighted by atomic mass is 32.2. The van der Waals surface area contributed by atoms with E-state index in [2.05, 4.69) is 15.0 Å². The molecule has 5 rings (SSSR count). The average molecular weight is 510 g/mol. The minimum Gasteiger partial charge on any atom is -0.493 e. The largest absolute Gasteiger partial charge is 0.493 e. The highest BCUT2D eigenvalue weighted by Crippen LogP contribution is 2.32. The van der Waals surface area contributed by atoms with Crippen molar-refractivity contribution in [2.75, 3.05) is 19.7 Å². The molecule has 36 heavy (non-hydrogen) atoms. The predicted octanol–water partition coefficient (Wildman–Crippen LogP) is 2.60. The van der Waals surface area contributed by atoms with Crippen LogP contribution in [0.2, 0.25) is 0 Å². The molecule has 10 nitrogen and oxygen atoms in total. The summed E-state index contributed by atoms with van der Waals surface area (Å²) < 4.78 is 35.0. The van der Waals surface area contributed by atoms with Crippen molar-refractivity contribution in [3.8, 4) is 28.5 Å². The van der Waals surface area contributed by atoms with E-state index in [9.17, 15) is 18.3 Å². The second-order valence-electron chi connectivity index (χ2n) is 8.66. The number of aliphatic hydroxyl groups excluding tert-OH is 1. The number of nitrogens with one attached hydrogen (secondary N) is 1. The van der Waals surface area contributed by atoms with Gasteiger partial charge in [0.15, 0.2) is 5.65 Å². The zero-order chi connectivity index (χ0) is 25.4. The van der Waals surface area contributed by atoms with Gasteiger partial charge in [-0.1, -0.05) is 30.3 Å². The molecule has 11 heteroatoms. The molecule has 1 saturated heterocycles. The summed E-state index contributed by atoms with van der Waals surface area (Å²) in [7, 11) is -3.77. The first-order valence-electron chi connectivity index (χ1n) is 11.8. The molecule has 0 radical (unpaired) electrons. The van der Waals surface area contributed by atoms with Gasteiger partial charge >= 0.3 is 5.69 Å². The summed E-state index contributed by atoms with van der Waals surface area (Å²) in [5.41, 5.74) is 1.83. The van der Waals surface area contributed by atoms with Gasteiger partial charge in [-0.3, -0.25) is 4.98 Å². The molecular weight excluding hydrogens is 482 g/mol. The average Bonchev–Trinajstić information content (AvgIpc) is 3.22. The molecule has 2 aromatic carbocycles. The van der Waals surface area contributed by atoms with Crippen molar-refractivity contribution in [2.45, 2.75) is 37.7 Å². The maximum Gasteiger partial charge on any atom is 0.334 e. The molecule has 0 saturated carbocycles. The summed E-state index contributed by atoms with van der Waals surface area (Å²) in [5, 5.41) is 9.74. The van der Waals surface area contributed by atoms with Crippen LogP contribution in [-0.2, 0) is 10.0 Å². The van der Waals surface area contributed by atoms with Crippen molar-refractivity contribution in [3.63, 3.8) is 0 Å². The topological polar surface area (TPSA) is 130 Å². The van der Waals surface area contributed by atoms with Crippen molar-refractivity contribution in [2.24, 2.45) is 0 Å². The van der Waals surface area contributed by atoms with E-state index in [0.717, 1.165) is 5.56 Å². The Morgan fingerprint density at radius 2 is 1.83 bits per heavy atom. The number of sulfonamides is 1. The molecule has 3 heterocycles. The number of hydrogen-bond donors (Lipinski definition) is 2. The first kappa shape index (κ1) is 24.2. The fraction of sp³-hybridized carbons (Fsp3) is 0.320. The Hall–Kier alpha value is -3.54. The number of ether oxygens (including phenoxy) is 1. The number of aromatic amines is 1. The fourth-order valence-electron chi connectivity index (χ4n) is 4.41. The van der Waals surface area contributed by atoms with Crippen molar-refractivity contribution in [1.29, 1.82) is 0 Å². The van der Waals surface area contributed by atoms with Gasteiger partial charge < -0.3 is 9.84 Å². The van der Waals surface area contributed by atoms with Crippen molar-refractivity contribution >= 4 is 15.7 Å². The zero-order valence-electron chi connectivity index (χ0n) is 20.0. The number of aryl methyl sites for hydroxylation is 1. The monoisotopic (exact) mass is 509 g/mol. The van der Waals surface area contributed by atoms with Crippen LogP contribution in [0.3, 0.4) is 0 Å². The number of piperidine rings is 1. The fourth-order valence-corrected chi connectivity index (χ4v) is 5.89. The van der Waals surface area contributed by atoms with Crippen LogP contribution in [0.1, 0.15) is 25.5 Å².